The molecule has 0 spiro atoms. The summed E-state index contributed by atoms with van der Waals surface area (Å²) in [5, 5.41) is 5.88. The van der Waals surface area contributed by atoms with E-state index in [1.807, 2.05) is 61.1 Å². The van der Waals surface area contributed by atoms with Gasteiger partial charge in [0.1, 0.15) is 17.6 Å². The molecule has 0 unspecified atom stereocenters. The Morgan fingerprint density at radius 2 is 1.96 bits per heavy atom. The second kappa shape index (κ2) is 7.04. The van der Waals surface area contributed by atoms with Gasteiger partial charge in [-0.15, -0.1) is 0 Å². The van der Waals surface area contributed by atoms with E-state index in [0.29, 0.717) is 5.76 Å². The largest absolute Gasteiger partial charge is 0.467 e. The molecule has 2 N–H and O–H groups in total. The van der Waals surface area contributed by atoms with Gasteiger partial charge in [-0.2, -0.15) is 0 Å². The fourth-order valence-corrected chi connectivity index (χ4v) is 2.58. The third-order valence-electron chi connectivity index (χ3n) is 3.84. The third-order valence-corrected chi connectivity index (χ3v) is 3.84. The summed E-state index contributed by atoms with van der Waals surface area (Å²) in [4.78, 5) is 16.8. The topological polar surface area (TPSA) is 72.1 Å². The molecule has 124 valence electrons. The van der Waals surface area contributed by atoms with Crippen molar-refractivity contribution in [3.8, 4) is 0 Å². The van der Waals surface area contributed by atoms with Crippen LogP contribution in [0.1, 0.15) is 36.2 Å². The molecule has 2 atom stereocenters. The number of carbonyl (C=O) groups excluding carboxylic acids is 1. The van der Waals surface area contributed by atoms with E-state index in [2.05, 4.69) is 15.6 Å². The number of amides is 2. The summed E-state index contributed by atoms with van der Waals surface area (Å²) in [7, 11) is 1.91. The number of benzene rings is 1. The minimum Gasteiger partial charge on any atom is -0.467 e. The summed E-state index contributed by atoms with van der Waals surface area (Å²) in [6.45, 7) is 1.87. The van der Waals surface area contributed by atoms with E-state index in [1.165, 1.54) is 0 Å². The van der Waals surface area contributed by atoms with Gasteiger partial charge in [0.25, 0.3) is 0 Å². The number of hydrogen-bond donors (Lipinski definition) is 2. The molecule has 0 bridgehead atoms. The van der Waals surface area contributed by atoms with Gasteiger partial charge in [0, 0.05) is 19.4 Å². The number of aromatic nitrogens is 2. The van der Waals surface area contributed by atoms with Gasteiger partial charge in [-0.05, 0) is 24.6 Å². The maximum Gasteiger partial charge on any atom is 0.316 e. The van der Waals surface area contributed by atoms with E-state index in [1.54, 1.807) is 18.5 Å². The highest BCUT2D eigenvalue weighted by Crippen LogP contribution is 2.20. The number of aryl methyl sites for hydroxylation is 1. The van der Waals surface area contributed by atoms with E-state index in [9.17, 15) is 4.79 Å². The quantitative estimate of drug-likeness (QED) is 0.757. The molecule has 3 aromatic rings. The molecule has 0 radical (unpaired) electrons. The highest BCUT2D eigenvalue weighted by molar-refractivity contribution is 5.75. The number of furan rings is 1. The zero-order valence-corrected chi connectivity index (χ0v) is 13.6. The van der Waals surface area contributed by atoms with Crippen LogP contribution in [-0.4, -0.2) is 15.6 Å². The molecule has 0 aliphatic rings. The molecular formula is C18H20N4O2. The molecule has 6 nitrogen and oxygen atoms in total. The molecule has 2 amide bonds. The molecule has 2 heterocycles. The number of carbonyl (C=O) groups is 1. The predicted octanol–water partition coefficient (Wildman–Crippen LogP) is 3.16. The minimum atomic E-state index is -0.338. The Hall–Kier alpha value is -3.02. The van der Waals surface area contributed by atoms with Crippen LogP contribution >= 0.6 is 0 Å². The van der Waals surface area contributed by atoms with Gasteiger partial charge >= 0.3 is 6.03 Å². The highest BCUT2D eigenvalue weighted by Gasteiger charge is 2.21. The van der Waals surface area contributed by atoms with Crippen LogP contribution in [0.15, 0.2) is 65.5 Å². The normalized spacial score (nSPS) is 13.2. The zero-order chi connectivity index (χ0) is 16.9. The smallest absolute Gasteiger partial charge is 0.316 e. The van der Waals surface area contributed by atoms with Crippen LogP contribution in [0.4, 0.5) is 4.79 Å². The zero-order valence-electron chi connectivity index (χ0n) is 13.6. The molecule has 0 saturated heterocycles. The lowest BCUT2D eigenvalue weighted by molar-refractivity contribution is 0.233. The van der Waals surface area contributed by atoms with Crippen LogP contribution in [0.5, 0.6) is 0 Å². The molecule has 0 aliphatic heterocycles. The van der Waals surface area contributed by atoms with Gasteiger partial charge in [0.15, 0.2) is 0 Å². The maximum atomic E-state index is 12.4. The molecule has 0 aliphatic carbocycles. The van der Waals surface area contributed by atoms with Crippen molar-refractivity contribution in [2.45, 2.75) is 19.0 Å². The number of rotatable bonds is 5. The molecule has 1 aromatic carbocycles. The first-order valence-electron chi connectivity index (χ1n) is 7.77. The minimum absolute atomic E-state index is 0.224. The van der Waals surface area contributed by atoms with Gasteiger partial charge in [-0.3, -0.25) is 0 Å². The first-order valence-corrected chi connectivity index (χ1v) is 7.77. The van der Waals surface area contributed by atoms with Crippen LogP contribution in [-0.2, 0) is 7.05 Å². The van der Waals surface area contributed by atoms with Crippen LogP contribution in [0.3, 0.4) is 0 Å². The van der Waals surface area contributed by atoms with E-state index in [0.717, 1.165) is 11.4 Å². The fourth-order valence-electron chi connectivity index (χ4n) is 2.58. The van der Waals surface area contributed by atoms with E-state index >= 15 is 0 Å². The lowest BCUT2D eigenvalue weighted by Crippen LogP contribution is -2.40. The standard InChI is InChI=1S/C18H20N4O2/c1-13(15-9-6-12-24-15)20-18(23)21-16(14-7-4-3-5-8-14)17-19-10-11-22(17)2/h3-13,16H,1-2H3,(H2,20,21,23)/t13-,16+/m1/s1. The summed E-state index contributed by atoms with van der Waals surface area (Å²) in [5.74, 6) is 1.47. The van der Waals surface area contributed by atoms with Crippen LogP contribution in [0.25, 0.3) is 0 Å². The van der Waals surface area contributed by atoms with Crippen molar-refractivity contribution in [1.82, 2.24) is 20.2 Å². The first kappa shape index (κ1) is 15.9. The van der Waals surface area contributed by atoms with Crippen LogP contribution in [0, 0.1) is 0 Å². The first-order chi connectivity index (χ1) is 11.6. The number of urea groups is 1. The molecule has 0 saturated carbocycles. The average molecular weight is 324 g/mol. The van der Waals surface area contributed by atoms with E-state index < -0.39 is 0 Å². The Morgan fingerprint density at radius 3 is 2.58 bits per heavy atom. The monoisotopic (exact) mass is 324 g/mol. The Labute approximate surface area is 140 Å². The van der Waals surface area contributed by atoms with Crippen molar-refractivity contribution in [3.05, 3.63) is 78.3 Å². The lowest BCUT2D eigenvalue weighted by Gasteiger charge is -2.21. The van der Waals surface area contributed by atoms with E-state index in [4.69, 9.17) is 4.42 Å². The van der Waals surface area contributed by atoms with Gasteiger partial charge in [0.05, 0.1) is 12.3 Å². The summed E-state index contributed by atoms with van der Waals surface area (Å²) >= 11 is 0. The van der Waals surface area contributed by atoms with Crippen molar-refractivity contribution in [1.29, 1.82) is 0 Å². The average Bonchev–Trinajstić information content (AvgIpc) is 3.25. The summed E-state index contributed by atoms with van der Waals surface area (Å²) < 4.78 is 7.21. The Balaban J connectivity index is 1.77. The lowest BCUT2D eigenvalue weighted by atomic mass is 10.1. The Morgan fingerprint density at radius 1 is 1.17 bits per heavy atom. The van der Waals surface area contributed by atoms with Crippen molar-refractivity contribution >= 4 is 6.03 Å². The van der Waals surface area contributed by atoms with Crippen molar-refractivity contribution in [2.75, 3.05) is 0 Å². The van der Waals surface area contributed by atoms with Crippen molar-refractivity contribution in [2.24, 2.45) is 7.05 Å². The summed E-state index contributed by atoms with van der Waals surface area (Å²) in [5.41, 5.74) is 0.965. The van der Waals surface area contributed by atoms with Crippen molar-refractivity contribution in [3.63, 3.8) is 0 Å². The number of imidazole rings is 1. The van der Waals surface area contributed by atoms with Gasteiger partial charge in [-0.25, -0.2) is 9.78 Å². The summed E-state index contributed by atoms with van der Waals surface area (Å²) in [6.07, 6.45) is 5.17. The van der Waals surface area contributed by atoms with Crippen LogP contribution in [0.2, 0.25) is 0 Å². The SMILES string of the molecule is C[C@@H](NC(=O)N[C@@H](c1ccccc1)c1nccn1C)c1ccco1. The second-order valence-electron chi connectivity index (χ2n) is 5.59. The second-order valence-corrected chi connectivity index (χ2v) is 5.59. The Kier molecular flexibility index (Phi) is 4.65. The van der Waals surface area contributed by atoms with Crippen LogP contribution < -0.4 is 10.6 Å². The van der Waals surface area contributed by atoms with Gasteiger partial charge in [0.2, 0.25) is 0 Å². The van der Waals surface area contributed by atoms with Crippen molar-refractivity contribution < 1.29 is 9.21 Å². The van der Waals surface area contributed by atoms with Gasteiger partial charge < -0.3 is 19.6 Å². The molecule has 2 aromatic heterocycles. The predicted molar refractivity (Wildman–Crippen MR) is 90.3 cm³/mol. The molecule has 0 fully saturated rings. The third kappa shape index (κ3) is 3.48. The molecule has 6 heteroatoms. The number of hydrogen-bond acceptors (Lipinski definition) is 3. The molecule has 24 heavy (non-hydrogen) atoms. The number of nitrogens with one attached hydrogen (secondary N) is 2. The van der Waals surface area contributed by atoms with Gasteiger partial charge in [-0.1, -0.05) is 30.3 Å². The maximum absolute atomic E-state index is 12.4. The molecular weight excluding hydrogens is 304 g/mol. The van der Waals surface area contributed by atoms with E-state index in [-0.39, 0.29) is 18.1 Å². The number of nitrogens with zero attached hydrogens (tertiary/aromatic N) is 2. The highest BCUT2D eigenvalue weighted by atomic mass is 16.3. The Bertz CT molecular complexity index is 780. The fraction of sp³-hybridized carbons (Fsp3) is 0.222. The summed E-state index contributed by atoms with van der Waals surface area (Å²) in [6, 6.07) is 12.5. The molecule has 3 rings (SSSR count).